The van der Waals surface area contributed by atoms with Crippen molar-refractivity contribution in [3.63, 3.8) is 0 Å². The number of hydrogen-bond acceptors (Lipinski definition) is 7. The second kappa shape index (κ2) is 15.6. The van der Waals surface area contributed by atoms with Crippen molar-refractivity contribution in [1.29, 1.82) is 0 Å². The molecule has 1 aliphatic carbocycles. The van der Waals surface area contributed by atoms with E-state index in [2.05, 4.69) is 31.0 Å². The third-order valence-electron chi connectivity index (χ3n) is 9.88. The third-order valence-corrected chi connectivity index (χ3v) is 9.88. The van der Waals surface area contributed by atoms with E-state index in [9.17, 15) is 18.0 Å². The van der Waals surface area contributed by atoms with Gasteiger partial charge in [-0.3, -0.25) is 9.69 Å². The summed E-state index contributed by atoms with van der Waals surface area (Å²) in [5.74, 6) is 1.44. The summed E-state index contributed by atoms with van der Waals surface area (Å²) >= 11 is 0. The lowest BCUT2D eigenvalue weighted by molar-refractivity contribution is -0.217. The summed E-state index contributed by atoms with van der Waals surface area (Å²) in [6.45, 7) is 10.2. The number of ether oxygens (including phenoxy) is 4. The largest absolute Gasteiger partial charge is 0.497 e. The Balaban J connectivity index is 1.45. The van der Waals surface area contributed by atoms with Gasteiger partial charge in [0.1, 0.15) is 11.9 Å². The molecule has 1 saturated carbocycles. The van der Waals surface area contributed by atoms with Gasteiger partial charge >= 0.3 is 12.1 Å². The van der Waals surface area contributed by atoms with Crippen LogP contribution in [0.1, 0.15) is 97.1 Å². The Morgan fingerprint density at radius 1 is 1.06 bits per heavy atom. The normalized spacial score (nSPS) is 23.4. The molecule has 47 heavy (non-hydrogen) atoms. The predicted octanol–water partition coefficient (Wildman–Crippen LogP) is 8.29. The van der Waals surface area contributed by atoms with Crippen molar-refractivity contribution >= 4 is 5.97 Å². The standard InChI is InChI=1S/C37H53F3N2O5/c1-7-45-33(43)22-27-8-13-31(14-9-27)47-32-17-10-28(23-41-32)24-42(26-34(2,3)37(38,39)40)20-18-36(19-21-46-35(4,5)25-36)29-11-15-30(44-6)16-12-29/h10-12,15-17,23,27,31H,7-9,13-14,18-22,24-26H2,1-6H3/t27-,31-,36-/m1/s1. The van der Waals surface area contributed by atoms with Crippen molar-refractivity contribution in [2.75, 3.05) is 33.4 Å². The smallest absolute Gasteiger partial charge is 0.395 e. The van der Waals surface area contributed by atoms with E-state index in [0.29, 0.717) is 50.9 Å². The average molecular weight is 663 g/mol. The molecular weight excluding hydrogens is 609 g/mol. The van der Waals surface area contributed by atoms with Gasteiger partial charge in [-0.1, -0.05) is 18.2 Å². The van der Waals surface area contributed by atoms with Crippen LogP contribution >= 0.6 is 0 Å². The number of aromatic nitrogens is 1. The van der Waals surface area contributed by atoms with Gasteiger partial charge in [0.2, 0.25) is 5.88 Å². The van der Waals surface area contributed by atoms with Crippen LogP contribution < -0.4 is 9.47 Å². The van der Waals surface area contributed by atoms with E-state index >= 15 is 0 Å². The topological polar surface area (TPSA) is 70.1 Å². The summed E-state index contributed by atoms with van der Waals surface area (Å²) in [5, 5.41) is 0. The first-order chi connectivity index (χ1) is 22.1. The number of benzene rings is 1. The first kappa shape index (κ1) is 37.0. The minimum atomic E-state index is -4.34. The van der Waals surface area contributed by atoms with E-state index in [-0.39, 0.29) is 29.6 Å². The molecule has 7 nitrogen and oxygen atoms in total. The highest BCUT2D eigenvalue weighted by Crippen LogP contribution is 2.45. The SMILES string of the molecule is CCOC(=O)C[C@H]1CC[C@H](Oc2ccc(CN(CC[C@@]3(c4ccc(OC)cc4)CCOC(C)(C)C3)CC(C)(C)C(F)(F)F)cn2)CC1. The van der Waals surface area contributed by atoms with Gasteiger partial charge in [-0.25, -0.2) is 4.98 Å². The Morgan fingerprint density at radius 2 is 1.77 bits per heavy atom. The van der Waals surface area contributed by atoms with Crippen molar-refractivity contribution in [3.05, 3.63) is 53.7 Å². The van der Waals surface area contributed by atoms with Gasteiger partial charge in [0.15, 0.2) is 0 Å². The third kappa shape index (κ3) is 10.3. The minimum absolute atomic E-state index is 0.0220. The van der Waals surface area contributed by atoms with Crippen molar-refractivity contribution in [2.45, 2.75) is 116 Å². The zero-order chi connectivity index (χ0) is 34.3. The number of halogens is 3. The molecule has 1 saturated heterocycles. The highest BCUT2D eigenvalue weighted by atomic mass is 19.4. The lowest BCUT2D eigenvalue weighted by atomic mass is 9.67. The minimum Gasteiger partial charge on any atom is -0.497 e. The molecule has 2 aromatic rings. The van der Waals surface area contributed by atoms with Gasteiger partial charge in [0.05, 0.1) is 24.7 Å². The van der Waals surface area contributed by atoms with Gasteiger partial charge in [-0.2, -0.15) is 13.2 Å². The number of carbonyl (C=O) groups is 1. The number of nitrogens with zero attached hydrogens (tertiary/aromatic N) is 2. The summed E-state index contributed by atoms with van der Waals surface area (Å²) in [5.41, 5.74) is -0.506. The van der Waals surface area contributed by atoms with Crippen molar-refractivity contribution in [1.82, 2.24) is 9.88 Å². The zero-order valence-electron chi connectivity index (χ0n) is 29.0. The van der Waals surface area contributed by atoms with Crippen LogP contribution in [0.15, 0.2) is 42.6 Å². The first-order valence-electron chi connectivity index (χ1n) is 17.0. The number of alkyl halides is 3. The van der Waals surface area contributed by atoms with Crippen LogP contribution in [0.5, 0.6) is 11.6 Å². The van der Waals surface area contributed by atoms with Crippen LogP contribution in [0.2, 0.25) is 0 Å². The maximum absolute atomic E-state index is 14.1. The molecule has 1 aromatic heterocycles. The maximum Gasteiger partial charge on any atom is 0.395 e. The first-order valence-corrected chi connectivity index (χ1v) is 17.0. The quantitative estimate of drug-likeness (QED) is 0.189. The van der Waals surface area contributed by atoms with E-state index in [1.54, 1.807) is 13.3 Å². The van der Waals surface area contributed by atoms with Crippen LogP contribution in [0.25, 0.3) is 0 Å². The Morgan fingerprint density at radius 3 is 2.34 bits per heavy atom. The van der Waals surface area contributed by atoms with Crippen LogP contribution in [0.4, 0.5) is 13.2 Å². The Labute approximate surface area is 278 Å². The summed E-state index contributed by atoms with van der Waals surface area (Å²) < 4.78 is 65.1. The number of hydrogen-bond donors (Lipinski definition) is 0. The molecule has 2 aliphatic rings. The molecule has 0 N–H and O–H groups in total. The molecule has 1 aliphatic heterocycles. The van der Waals surface area contributed by atoms with Gasteiger partial charge in [0.25, 0.3) is 0 Å². The lowest BCUT2D eigenvalue weighted by Gasteiger charge is -2.46. The summed E-state index contributed by atoms with van der Waals surface area (Å²) in [4.78, 5) is 18.3. The monoisotopic (exact) mass is 662 g/mol. The molecule has 0 bridgehead atoms. The van der Waals surface area contributed by atoms with Crippen LogP contribution in [0, 0.1) is 11.3 Å². The van der Waals surface area contributed by atoms with Crippen molar-refractivity contribution in [2.24, 2.45) is 11.3 Å². The van der Waals surface area contributed by atoms with Crippen LogP contribution in [0.3, 0.4) is 0 Å². The molecule has 1 atom stereocenters. The Hall–Kier alpha value is -2.85. The van der Waals surface area contributed by atoms with Crippen LogP contribution in [-0.2, 0) is 26.2 Å². The lowest BCUT2D eigenvalue weighted by Crippen LogP contribution is -2.47. The van der Waals surface area contributed by atoms with Crippen molar-refractivity contribution in [3.8, 4) is 11.6 Å². The van der Waals surface area contributed by atoms with Crippen molar-refractivity contribution < 1.29 is 36.9 Å². The molecule has 0 unspecified atom stereocenters. The molecule has 2 fully saturated rings. The van der Waals surface area contributed by atoms with Gasteiger partial charge in [0, 0.05) is 43.8 Å². The van der Waals surface area contributed by atoms with Gasteiger partial charge in [-0.15, -0.1) is 0 Å². The average Bonchev–Trinajstić information content (AvgIpc) is 3.01. The van der Waals surface area contributed by atoms with E-state index in [0.717, 1.165) is 55.4 Å². The highest BCUT2D eigenvalue weighted by molar-refractivity contribution is 5.69. The second-order valence-electron chi connectivity index (χ2n) is 14.7. The molecule has 4 rings (SSSR count). The van der Waals surface area contributed by atoms with E-state index in [1.807, 2.05) is 36.1 Å². The predicted molar refractivity (Wildman–Crippen MR) is 176 cm³/mol. The zero-order valence-corrected chi connectivity index (χ0v) is 29.0. The fourth-order valence-corrected chi connectivity index (χ4v) is 7.17. The number of methoxy groups -OCH3 is 1. The maximum atomic E-state index is 14.1. The molecule has 0 radical (unpaired) electrons. The fraction of sp³-hybridized carbons (Fsp3) is 0.676. The molecule has 262 valence electrons. The molecule has 0 spiro atoms. The van der Waals surface area contributed by atoms with Crippen LogP contribution in [-0.4, -0.2) is 67.1 Å². The second-order valence-corrected chi connectivity index (χ2v) is 14.7. The fourth-order valence-electron chi connectivity index (χ4n) is 7.17. The van der Waals surface area contributed by atoms with E-state index in [4.69, 9.17) is 18.9 Å². The molecule has 2 heterocycles. The van der Waals surface area contributed by atoms with Gasteiger partial charge in [-0.05, 0) is 115 Å². The summed E-state index contributed by atoms with van der Waals surface area (Å²) in [7, 11) is 1.64. The Kier molecular flexibility index (Phi) is 12.3. The number of esters is 1. The van der Waals surface area contributed by atoms with E-state index < -0.39 is 11.6 Å². The number of carbonyl (C=O) groups excluding carboxylic acids is 1. The number of pyridine rings is 1. The number of rotatable bonds is 14. The highest BCUT2D eigenvalue weighted by Gasteiger charge is 2.48. The summed E-state index contributed by atoms with van der Waals surface area (Å²) in [6.07, 6.45) is 3.55. The molecular formula is C37H53F3N2O5. The summed E-state index contributed by atoms with van der Waals surface area (Å²) in [6, 6.07) is 11.8. The molecule has 1 aromatic carbocycles. The van der Waals surface area contributed by atoms with Gasteiger partial charge < -0.3 is 18.9 Å². The molecule has 0 amide bonds. The molecule has 10 heteroatoms. The van der Waals surface area contributed by atoms with E-state index in [1.165, 1.54) is 13.8 Å². The Bertz CT molecular complexity index is 1270.